The molecular weight excluding hydrogens is 350 g/mol. The fraction of sp³-hybridized carbons (Fsp3) is 0.333. The molecule has 1 saturated carbocycles. The maximum absolute atomic E-state index is 10.2. The summed E-state index contributed by atoms with van der Waals surface area (Å²) in [5.41, 5.74) is 5.63. The lowest BCUT2D eigenvalue weighted by atomic mass is 9.85. The van der Waals surface area contributed by atoms with Gasteiger partial charge in [-0.05, 0) is 55.9 Å². The minimum absolute atomic E-state index is 0.0334. The molecule has 4 nitrogen and oxygen atoms in total. The lowest BCUT2D eigenvalue weighted by Crippen LogP contribution is -2.23. The van der Waals surface area contributed by atoms with Crippen LogP contribution in [0.4, 0.5) is 0 Å². The van der Waals surface area contributed by atoms with E-state index in [9.17, 15) is 5.11 Å². The number of ether oxygens (including phenoxy) is 2. The molecule has 1 heterocycles. The highest BCUT2D eigenvalue weighted by molar-refractivity contribution is 5.73. The number of benzene rings is 1. The number of para-hydroxylation sites is 1. The van der Waals surface area contributed by atoms with E-state index in [1.807, 2.05) is 18.2 Å². The lowest BCUT2D eigenvalue weighted by Gasteiger charge is -2.27. The summed E-state index contributed by atoms with van der Waals surface area (Å²) >= 11 is 0. The number of nitrogens with one attached hydrogen (secondary N) is 1. The van der Waals surface area contributed by atoms with Gasteiger partial charge >= 0.3 is 0 Å². The lowest BCUT2D eigenvalue weighted by molar-refractivity contribution is 0.0729. The number of aromatic hydroxyl groups is 1. The molecule has 1 aromatic carbocycles. The molecule has 5 rings (SSSR count). The molecule has 28 heavy (non-hydrogen) atoms. The van der Waals surface area contributed by atoms with Crippen LogP contribution in [0.15, 0.2) is 77.6 Å². The van der Waals surface area contributed by atoms with Crippen LogP contribution in [0.2, 0.25) is 0 Å². The van der Waals surface area contributed by atoms with Crippen molar-refractivity contribution >= 4 is 5.57 Å². The number of phenolic OH excluding ortho intramolecular Hbond substituents is 1. The predicted octanol–water partition coefficient (Wildman–Crippen LogP) is 5.27. The van der Waals surface area contributed by atoms with Crippen LogP contribution in [0.3, 0.4) is 0 Å². The maximum Gasteiger partial charge on any atom is 0.230 e. The molecule has 144 valence electrons. The maximum atomic E-state index is 10.2. The van der Waals surface area contributed by atoms with E-state index in [1.165, 1.54) is 5.57 Å². The van der Waals surface area contributed by atoms with E-state index in [0.29, 0.717) is 12.5 Å². The molecule has 0 atom stereocenters. The van der Waals surface area contributed by atoms with E-state index < -0.39 is 0 Å². The van der Waals surface area contributed by atoms with Gasteiger partial charge in [-0.1, -0.05) is 36.4 Å². The van der Waals surface area contributed by atoms with Crippen molar-refractivity contribution in [2.24, 2.45) is 5.41 Å². The van der Waals surface area contributed by atoms with Crippen LogP contribution in [-0.2, 0) is 9.47 Å². The van der Waals surface area contributed by atoms with Crippen molar-refractivity contribution in [2.45, 2.75) is 38.5 Å². The van der Waals surface area contributed by atoms with Crippen molar-refractivity contribution in [3.8, 4) is 5.75 Å². The van der Waals surface area contributed by atoms with Crippen molar-refractivity contribution in [3.63, 3.8) is 0 Å². The molecule has 1 aromatic rings. The van der Waals surface area contributed by atoms with Gasteiger partial charge in [0.15, 0.2) is 5.76 Å². The first-order chi connectivity index (χ1) is 13.7. The van der Waals surface area contributed by atoms with E-state index in [0.717, 1.165) is 72.6 Å². The topological polar surface area (TPSA) is 50.7 Å². The average Bonchev–Trinajstić information content (AvgIpc) is 3.40. The minimum Gasteiger partial charge on any atom is -0.507 e. The number of hydrogen-bond donors (Lipinski definition) is 2. The van der Waals surface area contributed by atoms with E-state index in [1.54, 1.807) is 6.07 Å². The third-order valence-corrected chi connectivity index (χ3v) is 6.24. The Morgan fingerprint density at radius 3 is 2.75 bits per heavy atom. The molecule has 1 aliphatic heterocycles. The van der Waals surface area contributed by atoms with Crippen LogP contribution in [0.5, 0.6) is 5.75 Å². The summed E-state index contributed by atoms with van der Waals surface area (Å²) in [6, 6.07) is 7.54. The first-order valence-electron chi connectivity index (χ1n) is 10.0. The van der Waals surface area contributed by atoms with E-state index >= 15 is 0 Å². The zero-order valence-corrected chi connectivity index (χ0v) is 16.0. The van der Waals surface area contributed by atoms with E-state index in [4.69, 9.17) is 9.47 Å². The molecule has 0 amide bonds. The molecular formula is C24H25NO3. The van der Waals surface area contributed by atoms with E-state index in [2.05, 4.69) is 30.1 Å². The summed E-state index contributed by atoms with van der Waals surface area (Å²) in [4.78, 5) is 0. The second-order valence-corrected chi connectivity index (χ2v) is 7.93. The number of allylic oxidation sites excluding steroid dienone is 6. The number of phenols is 1. The van der Waals surface area contributed by atoms with Crippen LogP contribution in [-0.4, -0.2) is 11.9 Å². The fourth-order valence-electron chi connectivity index (χ4n) is 4.47. The van der Waals surface area contributed by atoms with Gasteiger partial charge in [0.25, 0.3) is 0 Å². The van der Waals surface area contributed by atoms with Gasteiger partial charge < -0.3 is 19.9 Å². The molecule has 4 aliphatic rings. The highest BCUT2D eigenvalue weighted by Gasteiger charge is 2.49. The molecule has 1 fully saturated rings. The van der Waals surface area contributed by atoms with Gasteiger partial charge in [-0.3, -0.25) is 0 Å². The summed E-state index contributed by atoms with van der Waals surface area (Å²) in [6.45, 7) is 4.74. The molecule has 0 spiro atoms. The molecule has 0 radical (unpaired) electrons. The zero-order chi connectivity index (χ0) is 19.1. The third kappa shape index (κ3) is 2.93. The van der Waals surface area contributed by atoms with Gasteiger partial charge in [0.2, 0.25) is 6.79 Å². The van der Waals surface area contributed by atoms with Crippen molar-refractivity contribution in [1.82, 2.24) is 5.32 Å². The van der Waals surface area contributed by atoms with Crippen molar-refractivity contribution in [1.29, 1.82) is 0 Å². The number of rotatable bonds is 5. The predicted molar refractivity (Wildman–Crippen MR) is 109 cm³/mol. The van der Waals surface area contributed by atoms with Crippen LogP contribution in [0.1, 0.15) is 44.1 Å². The summed E-state index contributed by atoms with van der Waals surface area (Å²) in [7, 11) is 0. The quantitative estimate of drug-likeness (QED) is 0.736. The minimum atomic E-state index is 0.0334. The number of hydrogen-bond acceptors (Lipinski definition) is 4. The molecule has 3 aliphatic carbocycles. The Hall–Kier alpha value is -2.88. The molecule has 0 aromatic heterocycles. The van der Waals surface area contributed by atoms with Crippen LogP contribution < -0.4 is 5.32 Å². The monoisotopic (exact) mass is 375 g/mol. The SMILES string of the molecule is C=C(NC1=CCCC(c2ccccc2O)=C1)C1(C2=CC3=C(CC2)OCO3)CC1. The third-order valence-electron chi connectivity index (χ3n) is 6.24. The second kappa shape index (κ2) is 6.62. The van der Waals surface area contributed by atoms with Crippen molar-refractivity contribution in [3.05, 3.63) is 83.1 Å². The second-order valence-electron chi connectivity index (χ2n) is 7.93. The van der Waals surface area contributed by atoms with Gasteiger partial charge in [0.05, 0.1) is 0 Å². The molecule has 2 N–H and O–H groups in total. The van der Waals surface area contributed by atoms with Gasteiger partial charge in [-0.15, -0.1) is 0 Å². The van der Waals surface area contributed by atoms with Gasteiger partial charge in [0.1, 0.15) is 11.5 Å². The Bertz CT molecular complexity index is 960. The largest absolute Gasteiger partial charge is 0.507 e. The normalized spacial score (nSPS) is 22.2. The molecule has 0 saturated heterocycles. The van der Waals surface area contributed by atoms with Crippen LogP contribution in [0.25, 0.3) is 5.57 Å². The van der Waals surface area contributed by atoms with Gasteiger partial charge in [-0.25, -0.2) is 0 Å². The smallest absolute Gasteiger partial charge is 0.230 e. The molecule has 0 bridgehead atoms. The average molecular weight is 375 g/mol. The first kappa shape index (κ1) is 17.2. The van der Waals surface area contributed by atoms with Crippen molar-refractivity contribution < 1.29 is 14.6 Å². The van der Waals surface area contributed by atoms with Crippen molar-refractivity contribution in [2.75, 3.05) is 6.79 Å². The Labute approximate surface area is 165 Å². The summed E-state index contributed by atoms with van der Waals surface area (Å²) in [6.07, 6.45) is 12.6. The molecule has 0 unspecified atom stereocenters. The van der Waals surface area contributed by atoms with E-state index in [-0.39, 0.29) is 5.41 Å². The van der Waals surface area contributed by atoms with Crippen LogP contribution in [0, 0.1) is 5.41 Å². The summed E-state index contributed by atoms with van der Waals surface area (Å²) < 4.78 is 11.1. The van der Waals surface area contributed by atoms with Gasteiger partial charge in [0, 0.05) is 28.8 Å². The van der Waals surface area contributed by atoms with Crippen LogP contribution >= 0.6 is 0 Å². The Kier molecular flexibility index (Phi) is 4.08. The Balaban J connectivity index is 1.34. The zero-order valence-electron chi connectivity index (χ0n) is 16.0. The fourth-order valence-corrected chi connectivity index (χ4v) is 4.47. The summed E-state index contributed by atoms with van der Waals surface area (Å²) in [5.74, 6) is 2.23. The standard InChI is InChI=1S/C24H25NO3/c1-16(24(11-12-24)18-9-10-22-23(14-18)28-15-27-22)25-19-6-4-5-17(13-19)20-7-2-3-8-21(20)26/h2-3,6-8,13-14,25-26H,1,4-5,9-12,15H2. The Morgan fingerprint density at radius 1 is 1.07 bits per heavy atom. The highest BCUT2D eigenvalue weighted by atomic mass is 16.7. The highest BCUT2D eigenvalue weighted by Crippen LogP contribution is 2.59. The first-order valence-corrected chi connectivity index (χ1v) is 10.0. The Morgan fingerprint density at radius 2 is 1.93 bits per heavy atom. The molecule has 4 heteroatoms. The van der Waals surface area contributed by atoms with Gasteiger partial charge in [-0.2, -0.15) is 0 Å². The summed E-state index contributed by atoms with van der Waals surface area (Å²) in [5, 5.41) is 13.8.